The summed E-state index contributed by atoms with van der Waals surface area (Å²) in [6.45, 7) is 0. The van der Waals surface area contributed by atoms with E-state index in [1.54, 1.807) is 0 Å². The lowest BCUT2D eigenvalue weighted by Crippen LogP contribution is -1.97. The molecule has 0 amide bonds. The van der Waals surface area contributed by atoms with Crippen molar-refractivity contribution in [3.63, 3.8) is 0 Å². The van der Waals surface area contributed by atoms with Crippen molar-refractivity contribution in [3.8, 4) is 0 Å². The summed E-state index contributed by atoms with van der Waals surface area (Å²) in [5.74, 6) is 0. The highest BCUT2D eigenvalue weighted by atomic mass is 31.3. The Kier molecular flexibility index (Phi) is 14.1. The minimum atomic E-state index is -3.68. The maximum atomic E-state index is 5.63. The Morgan fingerprint density at radius 1 is 0.222 bits per heavy atom. The van der Waals surface area contributed by atoms with E-state index in [0.717, 1.165) is 0 Å². The molecule has 0 unspecified atom stereocenters. The second-order valence-corrected chi connectivity index (χ2v) is 20.2. The van der Waals surface area contributed by atoms with Gasteiger partial charge >= 0.3 is 46.0 Å². The van der Waals surface area contributed by atoms with Crippen LogP contribution in [0.1, 0.15) is 0 Å². The number of hydrogen-bond donors (Lipinski definition) is 0. The van der Waals surface area contributed by atoms with Crippen molar-refractivity contribution in [2.24, 2.45) is 27.1 Å². The molecule has 0 N–H and O–H groups in total. The maximum absolute atomic E-state index is 5.63. The molecular weight excluding hydrogens is 606 g/mol. The molecule has 24 heteroatoms. The van der Waals surface area contributed by atoms with Crippen LogP contribution in [0.2, 0.25) is 0 Å². The van der Waals surface area contributed by atoms with Gasteiger partial charge in [-0.3, -0.25) is 0 Å². The van der Waals surface area contributed by atoms with E-state index in [9.17, 15) is 0 Å². The van der Waals surface area contributed by atoms with Crippen molar-refractivity contribution in [2.45, 2.75) is 0 Å². The molecule has 0 saturated heterocycles. The average molecular weight is 642 g/mol. The fourth-order valence-corrected chi connectivity index (χ4v) is 19.8. The standard InChI is InChI=1S/C12H36N6O12P6/c1-19-31(20-2)13-32(21-3,22-4)15-34(25-7,26-8)17-36(29-11,30-12)18-35(27-9,28-10)16-33(14-31,23-5)24-6/h1-12H3. The van der Waals surface area contributed by atoms with Gasteiger partial charge in [-0.15, -0.1) is 27.1 Å². The zero-order valence-corrected chi connectivity index (χ0v) is 27.6. The van der Waals surface area contributed by atoms with E-state index in [2.05, 4.69) is 27.1 Å². The van der Waals surface area contributed by atoms with Crippen molar-refractivity contribution in [3.05, 3.63) is 0 Å². The molecule has 0 aromatic heterocycles. The molecule has 0 fully saturated rings. The lowest BCUT2D eigenvalue weighted by molar-refractivity contribution is 0.300. The molecule has 1 aliphatic heterocycles. The molecule has 216 valence electrons. The maximum Gasteiger partial charge on any atom is 0.348 e. The predicted molar refractivity (Wildman–Crippen MR) is 140 cm³/mol. The zero-order chi connectivity index (χ0) is 27.7. The normalized spacial score (nSPS) is 23.7. The van der Waals surface area contributed by atoms with Crippen LogP contribution in [0.3, 0.4) is 0 Å². The van der Waals surface area contributed by atoms with Crippen LogP contribution < -0.4 is 0 Å². The van der Waals surface area contributed by atoms with Crippen LogP contribution in [-0.2, 0) is 54.3 Å². The highest BCUT2D eigenvalue weighted by molar-refractivity contribution is 7.79. The van der Waals surface area contributed by atoms with Gasteiger partial charge in [0.25, 0.3) is 0 Å². The summed E-state index contributed by atoms with van der Waals surface area (Å²) < 4.78 is 95.0. The highest BCUT2D eigenvalue weighted by Crippen LogP contribution is 2.80. The molecule has 1 heterocycles. The first kappa shape index (κ1) is 34.9. The summed E-state index contributed by atoms with van der Waals surface area (Å²) >= 11 is 0. The molecule has 0 bridgehead atoms. The van der Waals surface area contributed by atoms with Gasteiger partial charge in [-0.2, -0.15) is 0 Å². The fraction of sp³-hybridized carbons (Fsp3) is 1.00. The molecule has 0 aromatic rings. The highest BCUT2D eigenvalue weighted by Gasteiger charge is 2.41. The molecule has 0 aliphatic carbocycles. The van der Waals surface area contributed by atoms with Crippen LogP contribution in [0.25, 0.3) is 0 Å². The SMILES string of the molecule is COP1(OC)=NP(OC)(OC)=NP(OC)(OC)=NP(OC)(OC)=NP(OC)(OC)=NP(OC)(OC)=N1. The summed E-state index contributed by atoms with van der Waals surface area (Å²) in [5.41, 5.74) is 0. The third-order valence-electron chi connectivity index (χ3n) is 4.21. The van der Waals surface area contributed by atoms with Gasteiger partial charge in [0.15, 0.2) is 0 Å². The van der Waals surface area contributed by atoms with Crippen molar-refractivity contribution in [2.75, 3.05) is 85.3 Å². The number of hydrogen-bond acceptors (Lipinski definition) is 18. The van der Waals surface area contributed by atoms with Crippen LogP contribution in [-0.4, -0.2) is 85.3 Å². The van der Waals surface area contributed by atoms with Gasteiger partial charge in [-0.05, 0) is 0 Å². The van der Waals surface area contributed by atoms with Crippen LogP contribution in [0.4, 0.5) is 0 Å². The van der Waals surface area contributed by atoms with Crippen molar-refractivity contribution < 1.29 is 54.3 Å². The topological polar surface area (TPSA) is 185 Å². The van der Waals surface area contributed by atoms with Gasteiger partial charge in [0.2, 0.25) is 0 Å². The second kappa shape index (κ2) is 14.5. The van der Waals surface area contributed by atoms with E-state index in [-0.39, 0.29) is 0 Å². The first-order valence-electron chi connectivity index (χ1n) is 9.49. The van der Waals surface area contributed by atoms with E-state index in [4.69, 9.17) is 54.3 Å². The van der Waals surface area contributed by atoms with Crippen LogP contribution in [0.5, 0.6) is 0 Å². The van der Waals surface area contributed by atoms with Crippen LogP contribution in [0.15, 0.2) is 27.1 Å². The van der Waals surface area contributed by atoms with Crippen LogP contribution >= 0.6 is 46.0 Å². The Morgan fingerprint density at radius 3 is 0.361 bits per heavy atom. The summed E-state index contributed by atoms with van der Waals surface area (Å²) in [6.07, 6.45) is 0. The third kappa shape index (κ3) is 7.55. The van der Waals surface area contributed by atoms with Gasteiger partial charge in [0, 0.05) is 85.3 Å². The Bertz CT molecular complexity index is 797. The van der Waals surface area contributed by atoms with E-state index in [1.807, 2.05) is 0 Å². The summed E-state index contributed by atoms with van der Waals surface area (Å²) in [7, 11) is -6.21. The minimum Gasteiger partial charge on any atom is -0.310 e. The van der Waals surface area contributed by atoms with E-state index < -0.39 is 46.0 Å². The Labute approximate surface area is 212 Å². The van der Waals surface area contributed by atoms with E-state index in [0.29, 0.717) is 0 Å². The summed E-state index contributed by atoms with van der Waals surface area (Å²) in [5, 5.41) is 0. The smallest absolute Gasteiger partial charge is 0.310 e. The first-order valence-corrected chi connectivity index (χ1v) is 18.7. The summed E-state index contributed by atoms with van der Waals surface area (Å²) in [4.78, 5) is 0. The molecule has 0 aromatic carbocycles. The van der Waals surface area contributed by atoms with Crippen molar-refractivity contribution >= 4 is 46.0 Å². The average Bonchev–Trinajstić information content (AvgIpc) is 2.94. The van der Waals surface area contributed by atoms with Gasteiger partial charge in [0.05, 0.1) is 0 Å². The number of nitrogens with zero attached hydrogens (tertiary/aromatic N) is 6. The minimum absolute atomic E-state index is 1.32. The second-order valence-electron chi connectivity index (χ2n) is 5.67. The zero-order valence-electron chi connectivity index (χ0n) is 22.3. The number of rotatable bonds is 12. The van der Waals surface area contributed by atoms with Gasteiger partial charge in [0.1, 0.15) is 0 Å². The quantitative estimate of drug-likeness (QED) is 0.192. The molecule has 0 spiro atoms. The van der Waals surface area contributed by atoms with Gasteiger partial charge < -0.3 is 54.3 Å². The van der Waals surface area contributed by atoms with Gasteiger partial charge in [-0.1, -0.05) is 0 Å². The molecule has 0 saturated carbocycles. The van der Waals surface area contributed by atoms with Crippen LogP contribution in [0, 0.1) is 0 Å². The van der Waals surface area contributed by atoms with Crippen molar-refractivity contribution in [1.29, 1.82) is 0 Å². The molecule has 0 atom stereocenters. The predicted octanol–water partition coefficient (Wildman–Crippen LogP) is 7.43. The molecule has 0 radical (unpaired) electrons. The Morgan fingerprint density at radius 2 is 0.306 bits per heavy atom. The third-order valence-corrected chi connectivity index (χ3v) is 20.8. The summed E-state index contributed by atoms with van der Waals surface area (Å²) in [6, 6.07) is 0. The fourth-order valence-electron chi connectivity index (χ4n) is 2.29. The molecular formula is C12H36N6O12P6. The molecule has 1 aliphatic rings. The monoisotopic (exact) mass is 642 g/mol. The Balaban J connectivity index is 4.79. The van der Waals surface area contributed by atoms with Gasteiger partial charge in [-0.25, -0.2) is 0 Å². The van der Waals surface area contributed by atoms with Crippen molar-refractivity contribution in [1.82, 2.24) is 0 Å². The largest absolute Gasteiger partial charge is 0.348 e. The molecule has 1 rings (SSSR count). The first-order chi connectivity index (χ1) is 17.0. The van der Waals surface area contributed by atoms with E-state index >= 15 is 0 Å². The lowest BCUT2D eigenvalue weighted by Gasteiger charge is -2.29. The van der Waals surface area contributed by atoms with E-state index in [1.165, 1.54) is 85.3 Å². The Hall–Kier alpha value is 0.900. The lowest BCUT2D eigenvalue weighted by atomic mass is 11.8. The molecule has 36 heavy (non-hydrogen) atoms. The molecule has 18 nitrogen and oxygen atoms in total.